The second kappa shape index (κ2) is 8.95. The van der Waals surface area contributed by atoms with Gasteiger partial charge < -0.3 is 10.0 Å². The average Bonchev–Trinajstić information content (AvgIpc) is 3.30. The summed E-state index contributed by atoms with van der Waals surface area (Å²) in [6, 6.07) is 2.14. The molecule has 1 N–H and O–H groups in total. The third kappa shape index (κ3) is 5.42. The van der Waals surface area contributed by atoms with Crippen LogP contribution in [0.5, 0.6) is 0 Å². The van der Waals surface area contributed by atoms with Gasteiger partial charge in [0, 0.05) is 37.8 Å². The number of rotatable bonds is 4. The minimum absolute atomic E-state index is 0.156. The topological polar surface area (TPSA) is 91.6 Å². The fourth-order valence-corrected chi connectivity index (χ4v) is 4.70. The van der Waals surface area contributed by atoms with E-state index >= 15 is 0 Å². The number of piperidine rings is 1. The van der Waals surface area contributed by atoms with E-state index in [2.05, 4.69) is 21.0 Å². The monoisotopic (exact) mass is 459 g/mol. The highest BCUT2D eigenvalue weighted by Crippen LogP contribution is 2.41. The first-order valence-corrected chi connectivity index (χ1v) is 10.6. The molecule has 4 heterocycles. The van der Waals surface area contributed by atoms with Crippen molar-refractivity contribution in [1.82, 2.24) is 24.6 Å². The van der Waals surface area contributed by atoms with Crippen molar-refractivity contribution in [3.63, 3.8) is 0 Å². The number of aromatic nitrogens is 3. The number of amides is 1. The molecule has 2 aromatic rings. The van der Waals surface area contributed by atoms with Gasteiger partial charge in [-0.2, -0.15) is 18.3 Å². The van der Waals surface area contributed by atoms with Crippen LogP contribution in [0.1, 0.15) is 29.1 Å². The number of hydrogen-bond donors (Lipinski definition) is 1. The van der Waals surface area contributed by atoms with E-state index in [1.807, 2.05) is 35.3 Å². The fraction of sp³-hybridized carbons (Fsp3) is 0.579. The molecule has 2 aliphatic rings. The highest BCUT2D eigenvalue weighted by Gasteiger charge is 2.53. The summed E-state index contributed by atoms with van der Waals surface area (Å²) in [5.41, 5.74) is 3.94. The largest absolute Gasteiger partial charge is 0.490 e. The molecule has 0 saturated carbocycles. The van der Waals surface area contributed by atoms with Crippen molar-refractivity contribution >= 4 is 23.2 Å². The van der Waals surface area contributed by atoms with E-state index in [1.165, 1.54) is 5.69 Å². The van der Waals surface area contributed by atoms with Crippen LogP contribution in [0.15, 0.2) is 17.8 Å². The lowest BCUT2D eigenvalue weighted by Gasteiger charge is -2.53. The number of thiazole rings is 1. The highest BCUT2D eigenvalue weighted by atomic mass is 32.1. The van der Waals surface area contributed by atoms with Crippen LogP contribution in [-0.2, 0) is 29.7 Å². The summed E-state index contributed by atoms with van der Waals surface area (Å²) < 4.78 is 33.7. The molecule has 0 aromatic carbocycles. The molecule has 1 amide bonds. The summed E-state index contributed by atoms with van der Waals surface area (Å²) in [6.45, 7) is 6.43. The van der Waals surface area contributed by atoms with Gasteiger partial charge in [-0.15, -0.1) is 11.3 Å². The molecule has 8 nitrogen and oxygen atoms in total. The van der Waals surface area contributed by atoms with Crippen LogP contribution in [-0.4, -0.2) is 67.4 Å². The molecule has 2 aromatic heterocycles. The minimum atomic E-state index is -5.08. The van der Waals surface area contributed by atoms with Crippen molar-refractivity contribution in [3.8, 4) is 0 Å². The van der Waals surface area contributed by atoms with Gasteiger partial charge in [0.2, 0.25) is 5.91 Å². The SMILES string of the molecule is Cc1cc(CN2CCCC3(C2)CN(Cc2cncs2)C3=O)n(C)n1.O=C(O)C(F)(F)F. The minimum Gasteiger partial charge on any atom is -0.475 e. The fourth-order valence-electron chi connectivity index (χ4n) is 4.09. The normalized spacial score (nSPS) is 21.6. The summed E-state index contributed by atoms with van der Waals surface area (Å²) in [4.78, 5) is 31.4. The molecular weight excluding hydrogens is 435 g/mol. The third-order valence-corrected chi connectivity index (χ3v) is 6.21. The second-order valence-corrected chi connectivity index (χ2v) is 8.90. The number of nitrogens with zero attached hydrogens (tertiary/aromatic N) is 5. The van der Waals surface area contributed by atoms with Crippen molar-refractivity contribution in [1.29, 1.82) is 0 Å². The zero-order valence-electron chi connectivity index (χ0n) is 17.2. The van der Waals surface area contributed by atoms with Gasteiger partial charge >= 0.3 is 12.1 Å². The van der Waals surface area contributed by atoms with Crippen molar-refractivity contribution in [2.24, 2.45) is 12.5 Å². The van der Waals surface area contributed by atoms with Crippen molar-refractivity contribution in [2.75, 3.05) is 19.6 Å². The molecule has 2 saturated heterocycles. The maximum Gasteiger partial charge on any atom is 0.490 e. The molecule has 2 aliphatic heterocycles. The number of carbonyl (C=O) groups is 2. The van der Waals surface area contributed by atoms with Crippen LogP contribution in [0.3, 0.4) is 0 Å². The van der Waals surface area contributed by atoms with Crippen LogP contribution in [0.2, 0.25) is 0 Å². The molecule has 1 spiro atoms. The van der Waals surface area contributed by atoms with Crippen LogP contribution in [0.4, 0.5) is 13.2 Å². The van der Waals surface area contributed by atoms with E-state index in [9.17, 15) is 18.0 Å². The van der Waals surface area contributed by atoms with Gasteiger partial charge in [-0.05, 0) is 32.4 Å². The zero-order valence-corrected chi connectivity index (χ0v) is 18.0. The highest BCUT2D eigenvalue weighted by molar-refractivity contribution is 7.09. The molecule has 0 radical (unpaired) electrons. The standard InChI is InChI=1S/C17H23N5OS.C2HF3O2/c1-13-6-14(20(2)19-13)8-21-5-3-4-17(10-21)11-22(16(17)23)9-15-7-18-12-24-15;3-2(4,5)1(6)7/h6-7,12H,3-5,8-11H2,1-2H3;(H,6,7). The first kappa shape index (κ1) is 23.2. The maximum atomic E-state index is 12.8. The lowest BCUT2D eigenvalue weighted by atomic mass is 9.72. The summed E-state index contributed by atoms with van der Waals surface area (Å²) in [7, 11) is 1.99. The number of hydrogen-bond acceptors (Lipinski definition) is 6. The summed E-state index contributed by atoms with van der Waals surface area (Å²) in [5, 5.41) is 11.6. The van der Waals surface area contributed by atoms with Gasteiger partial charge in [0.25, 0.3) is 0 Å². The van der Waals surface area contributed by atoms with E-state index in [4.69, 9.17) is 9.90 Å². The summed E-state index contributed by atoms with van der Waals surface area (Å²) in [6.07, 6.45) is -1.11. The number of β-lactam (4-membered cyclic amide) rings is 1. The lowest BCUT2D eigenvalue weighted by molar-refractivity contribution is -0.192. The van der Waals surface area contributed by atoms with Crippen molar-refractivity contribution in [2.45, 2.75) is 39.0 Å². The first-order valence-electron chi connectivity index (χ1n) is 9.69. The Hall–Kier alpha value is -2.47. The van der Waals surface area contributed by atoms with Crippen molar-refractivity contribution in [3.05, 3.63) is 34.0 Å². The predicted molar refractivity (Wildman–Crippen MR) is 106 cm³/mol. The molecular formula is C19H24F3N5O3S. The van der Waals surface area contributed by atoms with Crippen molar-refractivity contribution < 1.29 is 27.9 Å². The molecule has 2 fully saturated rings. The average molecular weight is 459 g/mol. The van der Waals surface area contributed by atoms with E-state index in [0.29, 0.717) is 12.5 Å². The molecule has 4 rings (SSSR count). The van der Waals surface area contributed by atoms with Crippen LogP contribution in [0.25, 0.3) is 0 Å². The number of aryl methyl sites for hydroxylation is 2. The number of alkyl halides is 3. The summed E-state index contributed by atoms with van der Waals surface area (Å²) in [5.74, 6) is -2.44. The van der Waals surface area contributed by atoms with Gasteiger partial charge in [0.1, 0.15) is 0 Å². The van der Waals surface area contributed by atoms with Crippen LogP contribution in [0, 0.1) is 12.3 Å². The van der Waals surface area contributed by atoms with Crippen LogP contribution >= 0.6 is 11.3 Å². The van der Waals surface area contributed by atoms with E-state index < -0.39 is 12.1 Å². The number of carboxylic acid groups (broad SMARTS) is 1. The Kier molecular flexibility index (Phi) is 6.70. The summed E-state index contributed by atoms with van der Waals surface area (Å²) >= 11 is 1.62. The van der Waals surface area contributed by atoms with Gasteiger partial charge in [-0.25, -0.2) is 4.79 Å². The Morgan fingerprint density at radius 3 is 2.55 bits per heavy atom. The predicted octanol–water partition coefficient (Wildman–Crippen LogP) is 2.44. The molecule has 0 bridgehead atoms. The molecule has 1 unspecified atom stereocenters. The number of halogens is 3. The first-order chi connectivity index (χ1) is 14.5. The molecule has 170 valence electrons. The van der Waals surface area contributed by atoms with Crippen LogP contribution < -0.4 is 0 Å². The molecule has 31 heavy (non-hydrogen) atoms. The third-order valence-electron chi connectivity index (χ3n) is 5.45. The Morgan fingerprint density at radius 2 is 2.03 bits per heavy atom. The van der Waals surface area contributed by atoms with E-state index in [0.717, 1.165) is 49.6 Å². The quantitative estimate of drug-likeness (QED) is 0.707. The van der Waals surface area contributed by atoms with E-state index in [1.54, 1.807) is 11.3 Å². The lowest BCUT2D eigenvalue weighted by Crippen LogP contribution is -2.66. The molecule has 1 atom stereocenters. The Morgan fingerprint density at radius 1 is 1.32 bits per heavy atom. The van der Waals surface area contributed by atoms with E-state index in [-0.39, 0.29) is 5.41 Å². The number of carboxylic acids is 1. The van der Waals surface area contributed by atoms with Gasteiger partial charge in [-0.3, -0.25) is 19.4 Å². The number of likely N-dealkylation sites (tertiary alicyclic amines) is 2. The maximum absolute atomic E-state index is 12.8. The molecule has 0 aliphatic carbocycles. The number of aliphatic carboxylic acids is 1. The zero-order chi connectivity index (χ0) is 22.8. The van der Waals surface area contributed by atoms with Gasteiger partial charge in [0.15, 0.2) is 0 Å². The van der Waals surface area contributed by atoms with Gasteiger partial charge in [0.05, 0.1) is 28.9 Å². The smallest absolute Gasteiger partial charge is 0.475 e. The number of carbonyl (C=O) groups excluding carboxylic acids is 1. The Bertz CT molecular complexity index is 931. The molecule has 12 heteroatoms. The second-order valence-electron chi connectivity index (χ2n) is 7.93. The Balaban J connectivity index is 0.000000339. The van der Waals surface area contributed by atoms with Gasteiger partial charge in [-0.1, -0.05) is 0 Å². The Labute approximate surface area is 181 Å².